The van der Waals surface area contributed by atoms with Crippen LogP contribution in [0.1, 0.15) is 38.5 Å². The highest BCUT2D eigenvalue weighted by Crippen LogP contribution is 2.07. The van der Waals surface area contributed by atoms with Crippen LogP contribution in [0.5, 0.6) is 0 Å². The van der Waals surface area contributed by atoms with Crippen molar-refractivity contribution < 1.29 is 20.1 Å². The Balaban J connectivity index is 3.61. The fourth-order valence-corrected chi connectivity index (χ4v) is 1.48. The van der Waals surface area contributed by atoms with E-state index in [0.29, 0.717) is 32.1 Å². The highest BCUT2D eigenvalue weighted by atomic mass is 16.4. The third-order valence-electron chi connectivity index (χ3n) is 2.50. The first-order chi connectivity index (χ1) is 9.06. The van der Waals surface area contributed by atoms with Gasteiger partial charge in [-0.05, 0) is 25.7 Å². The maximum Gasteiger partial charge on any atom is 0.303 e. The van der Waals surface area contributed by atoms with Gasteiger partial charge in [0.1, 0.15) is 0 Å². The zero-order chi connectivity index (χ0) is 14.5. The lowest BCUT2D eigenvalue weighted by Gasteiger charge is -2.07. The molecule has 0 aliphatic heterocycles. The van der Waals surface area contributed by atoms with Gasteiger partial charge >= 0.3 is 5.97 Å². The first kappa shape index (κ1) is 17.4. The van der Waals surface area contributed by atoms with Crippen LogP contribution in [-0.4, -0.2) is 33.5 Å². The van der Waals surface area contributed by atoms with Gasteiger partial charge in [-0.2, -0.15) is 0 Å². The summed E-state index contributed by atoms with van der Waals surface area (Å²) >= 11 is 0. The number of hydrogen-bond acceptors (Lipinski definition) is 3. The molecule has 0 saturated heterocycles. The normalized spacial score (nSPS) is 14.6. The van der Waals surface area contributed by atoms with E-state index in [1.165, 1.54) is 0 Å². The number of aliphatic carboxylic acids is 1. The summed E-state index contributed by atoms with van der Waals surface area (Å²) in [7, 11) is 0. The smallest absolute Gasteiger partial charge is 0.303 e. The van der Waals surface area contributed by atoms with Crippen LogP contribution in [0.3, 0.4) is 0 Å². The van der Waals surface area contributed by atoms with Gasteiger partial charge in [0.25, 0.3) is 0 Å². The largest absolute Gasteiger partial charge is 0.481 e. The fourth-order valence-electron chi connectivity index (χ4n) is 1.48. The monoisotopic (exact) mass is 266 g/mol. The van der Waals surface area contributed by atoms with Gasteiger partial charge < -0.3 is 15.3 Å². The predicted octanol–water partition coefficient (Wildman–Crippen LogP) is 1.88. The first-order valence-electron chi connectivity index (χ1n) is 6.41. The van der Waals surface area contributed by atoms with Gasteiger partial charge in [-0.15, -0.1) is 12.3 Å². The molecule has 0 spiro atoms. The van der Waals surface area contributed by atoms with Gasteiger partial charge in [0.15, 0.2) is 0 Å². The molecule has 0 aliphatic carbocycles. The van der Waals surface area contributed by atoms with E-state index in [9.17, 15) is 15.0 Å². The summed E-state index contributed by atoms with van der Waals surface area (Å²) < 4.78 is 0. The molecule has 3 N–H and O–H groups in total. The Bertz CT molecular complexity index is 339. The second kappa shape index (κ2) is 11.5. The molecule has 0 aromatic carbocycles. The maximum absolute atomic E-state index is 10.3. The third-order valence-corrected chi connectivity index (χ3v) is 2.50. The number of rotatable bonds is 10. The number of hydrogen-bond donors (Lipinski definition) is 3. The minimum atomic E-state index is -0.831. The molecule has 0 rings (SSSR count). The van der Waals surface area contributed by atoms with Crippen LogP contribution in [-0.2, 0) is 4.79 Å². The second-order valence-corrected chi connectivity index (χ2v) is 4.31. The average molecular weight is 266 g/mol. The summed E-state index contributed by atoms with van der Waals surface area (Å²) in [4.78, 5) is 10.3. The Labute approximate surface area is 114 Å². The predicted molar refractivity (Wildman–Crippen MR) is 74.5 cm³/mol. The molecular weight excluding hydrogens is 244 g/mol. The van der Waals surface area contributed by atoms with Crippen LogP contribution < -0.4 is 0 Å². The summed E-state index contributed by atoms with van der Waals surface area (Å²) in [6.45, 7) is 0. The summed E-state index contributed by atoms with van der Waals surface area (Å²) in [5.41, 5.74) is 0. The Morgan fingerprint density at radius 3 is 2.63 bits per heavy atom. The molecule has 19 heavy (non-hydrogen) atoms. The van der Waals surface area contributed by atoms with E-state index in [4.69, 9.17) is 11.5 Å². The van der Waals surface area contributed by atoms with Crippen molar-refractivity contribution >= 4 is 5.97 Å². The van der Waals surface area contributed by atoms with Crippen molar-refractivity contribution in [1.82, 2.24) is 0 Å². The molecule has 0 bridgehead atoms. The van der Waals surface area contributed by atoms with Gasteiger partial charge in [0.2, 0.25) is 0 Å². The minimum absolute atomic E-state index is 0.0999. The molecule has 0 amide bonds. The van der Waals surface area contributed by atoms with E-state index in [0.717, 1.165) is 0 Å². The lowest BCUT2D eigenvalue weighted by Crippen LogP contribution is -2.06. The Hall–Kier alpha value is -1.57. The molecule has 0 unspecified atom stereocenters. The first-order valence-corrected chi connectivity index (χ1v) is 6.41. The van der Waals surface area contributed by atoms with Crippen molar-refractivity contribution in [2.75, 3.05) is 0 Å². The Morgan fingerprint density at radius 1 is 1.26 bits per heavy atom. The van der Waals surface area contributed by atoms with Crippen molar-refractivity contribution in [3.05, 3.63) is 24.3 Å². The molecule has 4 nitrogen and oxygen atoms in total. The molecule has 0 aromatic heterocycles. The molecule has 4 heteroatoms. The van der Waals surface area contributed by atoms with Gasteiger partial charge in [-0.3, -0.25) is 4.79 Å². The minimum Gasteiger partial charge on any atom is -0.481 e. The van der Waals surface area contributed by atoms with Crippen LogP contribution >= 0.6 is 0 Å². The zero-order valence-corrected chi connectivity index (χ0v) is 11.0. The maximum atomic E-state index is 10.3. The van der Waals surface area contributed by atoms with Crippen LogP contribution in [0.4, 0.5) is 0 Å². The highest BCUT2D eigenvalue weighted by Gasteiger charge is 2.04. The lowest BCUT2D eigenvalue weighted by molar-refractivity contribution is -0.137. The average Bonchev–Trinajstić information content (AvgIpc) is 2.33. The Morgan fingerprint density at radius 2 is 2.00 bits per heavy atom. The van der Waals surface area contributed by atoms with E-state index in [1.54, 1.807) is 18.2 Å². The van der Waals surface area contributed by atoms with Crippen LogP contribution in [0.15, 0.2) is 24.3 Å². The lowest BCUT2D eigenvalue weighted by atomic mass is 10.1. The molecule has 0 heterocycles. The van der Waals surface area contributed by atoms with E-state index >= 15 is 0 Å². The molecule has 0 aliphatic rings. The number of aliphatic hydroxyl groups excluding tert-OH is 2. The molecule has 0 radical (unpaired) electrons. The summed E-state index contributed by atoms with van der Waals surface area (Å²) in [6.07, 6.45) is 13.7. The summed E-state index contributed by atoms with van der Waals surface area (Å²) in [6, 6.07) is 0. The van der Waals surface area contributed by atoms with E-state index < -0.39 is 18.2 Å². The summed E-state index contributed by atoms with van der Waals surface area (Å²) in [5, 5.41) is 27.3. The van der Waals surface area contributed by atoms with E-state index in [2.05, 4.69) is 5.92 Å². The van der Waals surface area contributed by atoms with Gasteiger partial charge in [-0.1, -0.05) is 24.3 Å². The second-order valence-electron chi connectivity index (χ2n) is 4.31. The van der Waals surface area contributed by atoms with Gasteiger partial charge in [-0.25, -0.2) is 0 Å². The number of carboxylic acids is 1. The van der Waals surface area contributed by atoms with Crippen molar-refractivity contribution in [2.24, 2.45) is 0 Å². The zero-order valence-electron chi connectivity index (χ0n) is 11.0. The van der Waals surface area contributed by atoms with Gasteiger partial charge in [0.05, 0.1) is 12.2 Å². The molecule has 2 atom stereocenters. The standard InChI is InChI=1S/C15H22O4/c1-2-8-13(16)9-5-3-4-6-10-14(17)11-7-12-15(18)19/h1,3-5,9,13-14,16-17H,6-8,10-12H2,(H,18,19)/b4-3+,9-5+/t13-,14-/m1/s1. The van der Waals surface area contributed by atoms with E-state index in [-0.39, 0.29) is 6.42 Å². The van der Waals surface area contributed by atoms with Crippen molar-refractivity contribution in [2.45, 2.75) is 50.7 Å². The molecule has 0 saturated carbocycles. The van der Waals surface area contributed by atoms with Crippen LogP contribution in [0.2, 0.25) is 0 Å². The van der Waals surface area contributed by atoms with Crippen molar-refractivity contribution in [3.63, 3.8) is 0 Å². The molecule has 0 aromatic rings. The number of carboxylic acid groups (broad SMARTS) is 1. The third kappa shape index (κ3) is 12.7. The Kier molecular flexibility index (Phi) is 10.6. The number of carbonyl (C=O) groups is 1. The fraction of sp³-hybridized carbons (Fsp3) is 0.533. The van der Waals surface area contributed by atoms with Crippen LogP contribution in [0.25, 0.3) is 0 Å². The van der Waals surface area contributed by atoms with Crippen molar-refractivity contribution in [3.8, 4) is 12.3 Å². The summed E-state index contributed by atoms with van der Waals surface area (Å²) in [5.74, 6) is 1.53. The van der Waals surface area contributed by atoms with E-state index in [1.807, 2.05) is 6.08 Å². The quantitative estimate of drug-likeness (QED) is 0.417. The molecule has 106 valence electrons. The highest BCUT2D eigenvalue weighted by molar-refractivity contribution is 5.66. The van der Waals surface area contributed by atoms with Gasteiger partial charge in [0, 0.05) is 12.8 Å². The topological polar surface area (TPSA) is 77.8 Å². The number of allylic oxidation sites excluding steroid dienone is 3. The van der Waals surface area contributed by atoms with Crippen LogP contribution in [0, 0.1) is 12.3 Å². The number of aliphatic hydroxyl groups is 2. The van der Waals surface area contributed by atoms with Crippen molar-refractivity contribution in [1.29, 1.82) is 0 Å². The molecular formula is C15H22O4. The SMILES string of the molecule is C#CC[C@@H](O)/C=C/C=C/CC[C@@H](O)CCCC(=O)O. The molecule has 0 fully saturated rings. The number of terminal acetylenes is 1.